The molecule has 0 aliphatic carbocycles. The highest BCUT2D eigenvalue weighted by atomic mass is 35.5. The van der Waals surface area contributed by atoms with Gasteiger partial charge in [0.1, 0.15) is 0 Å². The number of hydrogen-bond donors (Lipinski definition) is 1. The van der Waals surface area contributed by atoms with E-state index in [1.54, 1.807) is 12.4 Å². The summed E-state index contributed by atoms with van der Waals surface area (Å²) in [6, 6.07) is 16.0. The molecule has 3 heterocycles. The Hall–Kier alpha value is -2.70. The van der Waals surface area contributed by atoms with E-state index in [1.807, 2.05) is 65.0 Å². The van der Waals surface area contributed by atoms with Crippen LogP contribution in [0.5, 0.6) is 0 Å². The SMILES string of the molecule is Cc1c(C(=O)N(Cc2ccccn2)C2CCCNCC2)cnn1-c1ccccc1.Cl. The van der Waals surface area contributed by atoms with Crippen molar-refractivity contribution in [3.05, 3.63) is 77.9 Å². The van der Waals surface area contributed by atoms with Crippen LogP contribution in [0.2, 0.25) is 0 Å². The molecule has 1 aliphatic rings. The lowest BCUT2D eigenvalue weighted by Crippen LogP contribution is -2.40. The quantitative estimate of drug-likeness (QED) is 0.675. The summed E-state index contributed by atoms with van der Waals surface area (Å²) in [4.78, 5) is 20.1. The van der Waals surface area contributed by atoms with Crippen molar-refractivity contribution in [3.8, 4) is 5.69 Å². The molecule has 4 rings (SSSR count). The van der Waals surface area contributed by atoms with Crippen LogP contribution < -0.4 is 5.32 Å². The van der Waals surface area contributed by atoms with E-state index < -0.39 is 0 Å². The standard InChI is InChI=1S/C23H27N5O.ClH/c1-18-22(16-26-28(18)21-9-3-2-4-10-21)23(29)27(17-19-8-5-6-14-25-19)20-11-7-13-24-15-12-20;/h2-6,8-10,14,16,20,24H,7,11-13,15,17H2,1H3;1H. The summed E-state index contributed by atoms with van der Waals surface area (Å²) >= 11 is 0. The fourth-order valence-electron chi connectivity index (χ4n) is 3.95. The Morgan fingerprint density at radius 3 is 2.70 bits per heavy atom. The highest BCUT2D eigenvalue weighted by Gasteiger charge is 2.28. The van der Waals surface area contributed by atoms with E-state index in [0.717, 1.165) is 49.4 Å². The fraction of sp³-hybridized carbons (Fsp3) is 0.348. The Balaban J connectivity index is 0.00000256. The van der Waals surface area contributed by atoms with Crippen molar-refractivity contribution in [3.63, 3.8) is 0 Å². The van der Waals surface area contributed by atoms with E-state index in [1.165, 1.54) is 0 Å². The highest BCUT2D eigenvalue weighted by Crippen LogP contribution is 2.22. The molecule has 0 bridgehead atoms. The number of carbonyl (C=O) groups is 1. The van der Waals surface area contributed by atoms with Gasteiger partial charge in [0.05, 0.1) is 35.4 Å². The molecule has 1 fully saturated rings. The first-order valence-corrected chi connectivity index (χ1v) is 10.3. The Labute approximate surface area is 183 Å². The van der Waals surface area contributed by atoms with E-state index in [9.17, 15) is 4.79 Å². The van der Waals surface area contributed by atoms with Crippen molar-refractivity contribution in [1.82, 2.24) is 25.0 Å². The van der Waals surface area contributed by atoms with Crippen LogP contribution in [0.15, 0.2) is 60.9 Å². The zero-order valence-electron chi connectivity index (χ0n) is 17.2. The fourth-order valence-corrected chi connectivity index (χ4v) is 3.95. The minimum Gasteiger partial charge on any atom is -0.330 e. The molecule has 1 unspecified atom stereocenters. The predicted molar refractivity (Wildman–Crippen MR) is 120 cm³/mol. The number of halogens is 1. The summed E-state index contributed by atoms with van der Waals surface area (Å²) in [5.41, 5.74) is 3.38. The van der Waals surface area contributed by atoms with Crippen LogP contribution >= 0.6 is 12.4 Å². The molecule has 0 radical (unpaired) electrons. The van der Waals surface area contributed by atoms with Gasteiger partial charge >= 0.3 is 0 Å². The second kappa shape index (κ2) is 10.4. The number of nitrogens with one attached hydrogen (secondary N) is 1. The van der Waals surface area contributed by atoms with Gasteiger partial charge in [0.25, 0.3) is 5.91 Å². The molecule has 30 heavy (non-hydrogen) atoms. The van der Waals surface area contributed by atoms with Crippen molar-refractivity contribution in [2.24, 2.45) is 0 Å². The van der Waals surface area contributed by atoms with Gasteiger partial charge in [0, 0.05) is 12.2 Å². The van der Waals surface area contributed by atoms with Gasteiger partial charge < -0.3 is 10.2 Å². The van der Waals surface area contributed by atoms with Crippen LogP contribution in [0.4, 0.5) is 0 Å². The topological polar surface area (TPSA) is 63.1 Å². The summed E-state index contributed by atoms with van der Waals surface area (Å²) in [5.74, 6) is 0.0298. The van der Waals surface area contributed by atoms with Gasteiger partial charge in [-0.25, -0.2) is 4.68 Å². The maximum Gasteiger partial charge on any atom is 0.257 e. The second-order valence-corrected chi connectivity index (χ2v) is 7.48. The van der Waals surface area contributed by atoms with Crippen LogP contribution in [0, 0.1) is 6.92 Å². The van der Waals surface area contributed by atoms with Crippen molar-refractivity contribution >= 4 is 18.3 Å². The van der Waals surface area contributed by atoms with Crippen molar-refractivity contribution in [2.75, 3.05) is 13.1 Å². The Morgan fingerprint density at radius 1 is 1.13 bits per heavy atom. The largest absolute Gasteiger partial charge is 0.330 e. The Morgan fingerprint density at radius 2 is 1.93 bits per heavy atom. The first-order valence-electron chi connectivity index (χ1n) is 10.3. The molecule has 1 saturated heterocycles. The number of benzene rings is 1. The summed E-state index contributed by atoms with van der Waals surface area (Å²) < 4.78 is 1.83. The lowest BCUT2D eigenvalue weighted by molar-refractivity contribution is 0.0641. The van der Waals surface area contributed by atoms with E-state index >= 15 is 0 Å². The molecule has 1 aromatic carbocycles. The molecule has 1 atom stereocenters. The maximum absolute atomic E-state index is 13.7. The van der Waals surface area contributed by atoms with Crippen LogP contribution in [-0.4, -0.2) is 44.7 Å². The zero-order valence-corrected chi connectivity index (χ0v) is 18.0. The molecular formula is C23H28ClN5O. The van der Waals surface area contributed by atoms with Crippen LogP contribution in [0.1, 0.15) is 41.0 Å². The smallest absolute Gasteiger partial charge is 0.257 e. The van der Waals surface area contributed by atoms with Crippen molar-refractivity contribution in [1.29, 1.82) is 0 Å². The number of hydrogen-bond acceptors (Lipinski definition) is 4. The molecule has 6 nitrogen and oxygen atoms in total. The molecule has 0 saturated carbocycles. The van der Waals surface area contributed by atoms with Gasteiger partial charge in [-0.3, -0.25) is 9.78 Å². The van der Waals surface area contributed by atoms with Crippen LogP contribution in [0.25, 0.3) is 5.69 Å². The third-order valence-electron chi connectivity index (χ3n) is 5.55. The van der Waals surface area contributed by atoms with Crippen LogP contribution in [-0.2, 0) is 6.54 Å². The van der Waals surface area contributed by atoms with Gasteiger partial charge in [-0.1, -0.05) is 24.3 Å². The second-order valence-electron chi connectivity index (χ2n) is 7.48. The molecule has 0 spiro atoms. The Kier molecular flexibility index (Phi) is 7.60. The van der Waals surface area contributed by atoms with Crippen molar-refractivity contribution < 1.29 is 4.79 Å². The summed E-state index contributed by atoms with van der Waals surface area (Å²) in [5, 5.41) is 7.94. The molecule has 158 valence electrons. The number of para-hydroxylation sites is 1. The highest BCUT2D eigenvalue weighted by molar-refractivity contribution is 5.95. The lowest BCUT2D eigenvalue weighted by atomic mass is 10.1. The van der Waals surface area contributed by atoms with Gasteiger partial charge in [-0.2, -0.15) is 5.10 Å². The van der Waals surface area contributed by atoms with Crippen molar-refractivity contribution in [2.45, 2.75) is 38.8 Å². The number of nitrogens with zero attached hydrogens (tertiary/aromatic N) is 4. The van der Waals surface area contributed by atoms with Crippen LogP contribution in [0.3, 0.4) is 0 Å². The van der Waals surface area contributed by atoms with Gasteiger partial charge in [0.2, 0.25) is 0 Å². The number of aromatic nitrogens is 3. The minimum absolute atomic E-state index is 0. The molecule has 2 aromatic heterocycles. The predicted octanol–water partition coefficient (Wildman–Crippen LogP) is 3.78. The first-order chi connectivity index (χ1) is 14.2. The maximum atomic E-state index is 13.7. The molecule has 7 heteroatoms. The van der Waals surface area contributed by atoms with E-state index in [0.29, 0.717) is 12.1 Å². The average Bonchev–Trinajstić information content (AvgIpc) is 2.96. The monoisotopic (exact) mass is 425 g/mol. The lowest BCUT2D eigenvalue weighted by Gasteiger charge is -2.31. The van der Waals surface area contributed by atoms with E-state index in [2.05, 4.69) is 15.4 Å². The molecule has 3 aromatic rings. The van der Waals surface area contributed by atoms with Gasteiger partial charge in [0.15, 0.2) is 0 Å². The normalized spacial score (nSPS) is 16.4. The number of pyridine rings is 1. The third-order valence-corrected chi connectivity index (χ3v) is 5.55. The number of amides is 1. The molecule has 1 amide bonds. The molecular weight excluding hydrogens is 398 g/mol. The average molecular weight is 426 g/mol. The Bertz CT molecular complexity index is 937. The number of rotatable bonds is 5. The summed E-state index contributed by atoms with van der Waals surface area (Å²) in [6.07, 6.45) is 6.50. The third kappa shape index (κ3) is 4.89. The summed E-state index contributed by atoms with van der Waals surface area (Å²) in [6.45, 7) is 4.41. The summed E-state index contributed by atoms with van der Waals surface area (Å²) in [7, 11) is 0. The van der Waals surface area contributed by atoms with E-state index in [-0.39, 0.29) is 24.4 Å². The molecule has 1 N–H and O–H groups in total. The number of carbonyl (C=O) groups excluding carboxylic acids is 1. The zero-order chi connectivity index (χ0) is 20.1. The first kappa shape index (κ1) is 22.0. The van der Waals surface area contributed by atoms with Gasteiger partial charge in [-0.05, 0) is 63.5 Å². The minimum atomic E-state index is 0. The van der Waals surface area contributed by atoms with E-state index in [4.69, 9.17) is 0 Å². The van der Waals surface area contributed by atoms with Gasteiger partial charge in [-0.15, -0.1) is 12.4 Å². The molecule has 1 aliphatic heterocycles.